The average Bonchev–Trinajstić information content (AvgIpc) is 2.35. The zero-order valence-electron chi connectivity index (χ0n) is 6.25. The number of thiazole rings is 1. The molecule has 11 heavy (non-hydrogen) atoms. The molecule has 1 aromatic heterocycles. The highest BCUT2D eigenvalue weighted by molar-refractivity contribution is 7.15. The number of ether oxygens (including phenoxy) is 1. The van der Waals surface area contributed by atoms with Crippen molar-refractivity contribution in [1.82, 2.24) is 4.98 Å². The van der Waals surface area contributed by atoms with Gasteiger partial charge in [0, 0.05) is 11.1 Å². The Labute approximate surface area is 68.2 Å². The van der Waals surface area contributed by atoms with Crippen LogP contribution in [-0.4, -0.2) is 18.2 Å². The van der Waals surface area contributed by atoms with Gasteiger partial charge in [0.15, 0.2) is 5.13 Å². The van der Waals surface area contributed by atoms with Gasteiger partial charge in [-0.05, 0) is 6.92 Å². The van der Waals surface area contributed by atoms with E-state index in [2.05, 4.69) is 15.0 Å². The Kier molecular flexibility index (Phi) is 2.43. The van der Waals surface area contributed by atoms with Crippen LogP contribution in [0.5, 0.6) is 0 Å². The summed E-state index contributed by atoms with van der Waals surface area (Å²) in [5.41, 5.74) is 0. The van der Waals surface area contributed by atoms with Crippen LogP contribution in [0.1, 0.15) is 4.88 Å². The molecule has 0 saturated heterocycles. The Morgan fingerprint density at radius 2 is 2.55 bits per heavy atom. The van der Waals surface area contributed by atoms with Gasteiger partial charge in [-0.3, -0.25) is 5.32 Å². The predicted molar refractivity (Wildman–Crippen MR) is 42.9 cm³/mol. The molecule has 0 atom stereocenters. The monoisotopic (exact) mass is 172 g/mol. The fraction of sp³-hybridized carbons (Fsp3) is 0.333. The van der Waals surface area contributed by atoms with Crippen molar-refractivity contribution in [3.8, 4) is 0 Å². The topological polar surface area (TPSA) is 51.2 Å². The second-order valence-corrected chi connectivity index (χ2v) is 3.13. The molecule has 1 amide bonds. The first-order valence-electron chi connectivity index (χ1n) is 3.00. The number of hydrogen-bond donors (Lipinski definition) is 1. The molecular weight excluding hydrogens is 164 g/mol. The van der Waals surface area contributed by atoms with E-state index < -0.39 is 6.09 Å². The third-order valence-electron chi connectivity index (χ3n) is 1.02. The molecule has 1 aromatic rings. The molecule has 0 radical (unpaired) electrons. The van der Waals surface area contributed by atoms with Crippen molar-refractivity contribution in [1.29, 1.82) is 0 Å². The number of hydrogen-bond acceptors (Lipinski definition) is 4. The van der Waals surface area contributed by atoms with Crippen LogP contribution in [0.2, 0.25) is 0 Å². The van der Waals surface area contributed by atoms with Crippen LogP contribution in [0.15, 0.2) is 6.20 Å². The molecule has 0 saturated carbocycles. The van der Waals surface area contributed by atoms with Crippen LogP contribution in [0.25, 0.3) is 0 Å². The molecular formula is C6H8N2O2S. The summed E-state index contributed by atoms with van der Waals surface area (Å²) < 4.78 is 4.38. The van der Waals surface area contributed by atoms with Gasteiger partial charge in [-0.1, -0.05) is 0 Å². The van der Waals surface area contributed by atoms with Gasteiger partial charge in [0.2, 0.25) is 0 Å². The van der Waals surface area contributed by atoms with E-state index in [9.17, 15) is 4.79 Å². The fourth-order valence-electron chi connectivity index (χ4n) is 0.551. The van der Waals surface area contributed by atoms with Gasteiger partial charge in [0.1, 0.15) is 0 Å². The number of aromatic nitrogens is 1. The molecule has 0 aliphatic rings. The smallest absolute Gasteiger partial charge is 0.413 e. The number of carbonyl (C=O) groups excluding carboxylic acids is 1. The summed E-state index contributed by atoms with van der Waals surface area (Å²) >= 11 is 1.41. The van der Waals surface area contributed by atoms with Crippen LogP contribution in [0.3, 0.4) is 0 Å². The van der Waals surface area contributed by atoms with E-state index in [1.54, 1.807) is 6.20 Å². The summed E-state index contributed by atoms with van der Waals surface area (Å²) in [7, 11) is 1.32. The summed E-state index contributed by atoms with van der Waals surface area (Å²) in [5.74, 6) is 0. The minimum absolute atomic E-state index is 0.487. The average molecular weight is 172 g/mol. The second kappa shape index (κ2) is 3.34. The van der Waals surface area contributed by atoms with Crippen LogP contribution in [0, 0.1) is 6.92 Å². The van der Waals surface area contributed by atoms with E-state index in [4.69, 9.17) is 0 Å². The Hall–Kier alpha value is -1.10. The number of methoxy groups -OCH3 is 1. The zero-order chi connectivity index (χ0) is 8.27. The Morgan fingerprint density at radius 1 is 1.82 bits per heavy atom. The highest BCUT2D eigenvalue weighted by Crippen LogP contribution is 2.16. The van der Waals surface area contributed by atoms with E-state index in [1.165, 1.54) is 18.4 Å². The normalized spacial score (nSPS) is 9.27. The first-order valence-corrected chi connectivity index (χ1v) is 3.81. The summed E-state index contributed by atoms with van der Waals surface area (Å²) in [6.07, 6.45) is 1.20. The maximum absolute atomic E-state index is 10.6. The maximum Gasteiger partial charge on any atom is 0.413 e. The lowest BCUT2D eigenvalue weighted by Gasteiger charge is -1.96. The molecule has 0 aliphatic heterocycles. The van der Waals surface area contributed by atoms with E-state index >= 15 is 0 Å². The molecule has 1 rings (SSSR count). The number of rotatable bonds is 1. The largest absolute Gasteiger partial charge is 0.453 e. The third-order valence-corrected chi connectivity index (χ3v) is 1.84. The quantitative estimate of drug-likeness (QED) is 0.700. The van der Waals surface area contributed by atoms with E-state index in [-0.39, 0.29) is 0 Å². The molecule has 0 aliphatic carbocycles. The Bertz CT molecular complexity index is 259. The lowest BCUT2D eigenvalue weighted by molar-refractivity contribution is 0.187. The second-order valence-electron chi connectivity index (χ2n) is 1.89. The van der Waals surface area contributed by atoms with Crippen molar-refractivity contribution < 1.29 is 9.53 Å². The van der Waals surface area contributed by atoms with Crippen LogP contribution >= 0.6 is 11.3 Å². The summed E-state index contributed by atoms with van der Waals surface area (Å²) in [5, 5.41) is 3.02. The molecule has 1 heterocycles. The van der Waals surface area contributed by atoms with Gasteiger partial charge in [0.05, 0.1) is 7.11 Å². The minimum atomic E-state index is -0.487. The highest BCUT2D eigenvalue weighted by atomic mass is 32.1. The van der Waals surface area contributed by atoms with Crippen molar-refractivity contribution in [2.45, 2.75) is 6.92 Å². The van der Waals surface area contributed by atoms with Gasteiger partial charge < -0.3 is 4.74 Å². The molecule has 0 bridgehead atoms. The SMILES string of the molecule is COC(=O)Nc1ncc(C)s1. The van der Waals surface area contributed by atoms with Crippen molar-refractivity contribution in [2.24, 2.45) is 0 Å². The number of amides is 1. The summed E-state index contributed by atoms with van der Waals surface area (Å²) in [4.78, 5) is 15.6. The van der Waals surface area contributed by atoms with E-state index in [0.29, 0.717) is 5.13 Å². The number of carbonyl (C=O) groups is 1. The molecule has 4 nitrogen and oxygen atoms in total. The van der Waals surface area contributed by atoms with Crippen molar-refractivity contribution >= 4 is 22.6 Å². The summed E-state index contributed by atoms with van der Waals surface area (Å²) in [6, 6.07) is 0. The molecule has 0 aromatic carbocycles. The van der Waals surface area contributed by atoms with E-state index in [0.717, 1.165) is 4.88 Å². The highest BCUT2D eigenvalue weighted by Gasteiger charge is 2.02. The van der Waals surface area contributed by atoms with E-state index in [1.807, 2.05) is 6.92 Å². The van der Waals surface area contributed by atoms with Gasteiger partial charge in [-0.2, -0.15) is 0 Å². The number of anilines is 1. The van der Waals surface area contributed by atoms with Crippen LogP contribution in [-0.2, 0) is 4.74 Å². The molecule has 0 fully saturated rings. The van der Waals surface area contributed by atoms with Crippen molar-refractivity contribution in [3.63, 3.8) is 0 Å². The lowest BCUT2D eigenvalue weighted by atomic mass is 10.7. The third kappa shape index (κ3) is 2.19. The summed E-state index contributed by atoms with van der Waals surface area (Å²) in [6.45, 7) is 1.92. The zero-order valence-corrected chi connectivity index (χ0v) is 7.07. The van der Waals surface area contributed by atoms with Gasteiger partial charge in [0.25, 0.3) is 0 Å². The molecule has 60 valence electrons. The lowest BCUT2D eigenvalue weighted by Crippen LogP contribution is -2.10. The standard InChI is InChI=1S/C6H8N2O2S/c1-4-3-7-5(11-4)8-6(9)10-2/h3H,1-2H3,(H,7,8,9). The first kappa shape index (κ1) is 8.00. The number of nitrogens with zero attached hydrogens (tertiary/aromatic N) is 1. The van der Waals surface area contributed by atoms with Gasteiger partial charge in [-0.25, -0.2) is 9.78 Å². The fourth-order valence-corrected chi connectivity index (χ4v) is 1.20. The Balaban J connectivity index is 2.57. The van der Waals surface area contributed by atoms with Crippen LogP contribution < -0.4 is 5.32 Å². The van der Waals surface area contributed by atoms with Gasteiger partial charge >= 0.3 is 6.09 Å². The number of aryl methyl sites for hydroxylation is 1. The predicted octanol–water partition coefficient (Wildman–Crippen LogP) is 1.63. The van der Waals surface area contributed by atoms with Gasteiger partial charge in [-0.15, -0.1) is 11.3 Å². The molecule has 0 unspecified atom stereocenters. The minimum Gasteiger partial charge on any atom is -0.453 e. The first-order chi connectivity index (χ1) is 5.22. The molecule has 5 heteroatoms. The number of nitrogens with one attached hydrogen (secondary N) is 1. The Morgan fingerprint density at radius 3 is 3.00 bits per heavy atom. The molecule has 1 N–H and O–H groups in total. The van der Waals surface area contributed by atoms with Crippen LogP contribution in [0.4, 0.5) is 9.93 Å². The maximum atomic E-state index is 10.6. The molecule has 0 spiro atoms. The van der Waals surface area contributed by atoms with Crippen molar-refractivity contribution in [3.05, 3.63) is 11.1 Å². The van der Waals surface area contributed by atoms with Crippen molar-refractivity contribution in [2.75, 3.05) is 12.4 Å².